The highest BCUT2D eigenvalue weighted by Gasteiger charge is 2.13. The van der Waals surface area contributed by atoms with E-state index in [1.165, 1.54) is 6.07 Å². The lowest BCUT2D eigenvalue weighted by atomic mass is 10.2. The molecule has 1 aromatic heterocycles. The standard InChI is InChI=1S/C17H23N3O3S/c1-4-20-15(12(2)3)18-19-17(20)24-10-6-9-23-14-8-5-7-13(11-14)16(21)22/h5,7-8,11-12H,4,6,9-10H2,1-3H3,(H,21,22). The molecule has 1 aromatic carbocycles. The minimum atomic E-state index is -0.948. The van der Waals surface area contributed by atoms with Crippen molar-refractivity contribution in [2.75, 3.05) is 12.4 Å². The topological polar surface area (TPSA) is 77.2 Å². The lowest BCUT2D eigenvalue weighted by Gasteiger charge is -2.09. The molecule has 2 aromatic rings. The van der Waals surface area contributed by atoms with Crippen molar-refractivity contribution in [2.45, 2.75) is 44.8 Å². The van der Waals surface area contributed by atoms with Crippen LogP contribution < -0.4 is 4.74 Å². The quantitative estimate of drug-likeness (QED) is 0.550. The predicted octanol–water partition coefficient (Wildman–Crippen LogP) is 3.68. The molecule has 0 atom stereocenters. The monoisotopic (exact) mass is 349 g/mol. The Kier molecular flexibility index (Phi) is 6.66. The number of ether oxygens (including phenoxy) is 1. The second-order valence-electron chi connectivity index (χ2n) is 5.62. The Labute approximate surface area is 146 Å². The van der Waals surface area contributed by atoms with Gasteiger partial charge in [-0.3, -0.25) is 0 Å². The molecular weight excluding hydrogens is 326 g/mol. The molecule has 0 aliphatic heterocycles. The van der Waals surface area contributed by atoms with Gasteiger partial charge in [0.05, 0.1) is 12.2 Å². The third kappa shape index (κ3) is 4.74. The van der Waals surface area contributed by atoms with Gasteiger partial charge < -0.3 is 14.4 Å². The van der Waals surface area contributed by atoms with Gasteiger partial charge in [0, 0.05) is 18.2 Å². The Morgan fingerprint density at radius 3 is 2.83 bits per heavy atom. The summed E-state index contributed by atoms with van der Waals surface area (Å²) in [5.41, 5.74) is 0.235. The van der Waals surface area contributed by atoms with E-state index in [9.17, 15) is 4.79 Å². The Balaban J connectivity index is 1.79. The van der Waals surface area contributed by atoms with E-state index in [0.717, 1.165) is 29.7 Å². The van der Waals surface area contributed by atoms with Crippen LogP contribution in [-0.2, 0) is 6.54 Å². The number of carboxylic acids is 1. The summed E-state index contributed by atoms with van der Waals surface area (Å²) in [5.74, 6) is 1.88. The number of hydrogen-bond acceptors (Lipinski definition) is 5. The maximum atomic E-state index is 10.9. The van der Waals surface area contributed by atoms with Crippen LogP contribution in [0.15, 0.2) is 29.4 Å². The molecule has 0 aliphatic carbocycles. The number of carboxylic acid groups (broad SMARTS) is 1. The lowest BCUT2D eigenvalue weighted by Crippen LogP contribution is -2.05. The zero-order valence-corrected chi connectivity index (χ0v) is 15.0. The van der Waals surface area contributed by atoms with Gasteiger partial charge in [0.1, 0.15) is 11.6 Å². The first-order valence-electron chi connectivity index (χ1n) is 8.05. The van der Waals surface area contributed by atoms with Gasteiger partial charge in [-0.15, -0.1) is 10.2 Å². The summed E-state index contributed by atoms with van der Waals surface area (Å²) >= 11 is 1.67. The van der Waals surface area contributed by atoms with Crippen molar-refractivity contribution in [3.63, 3.8) is 0 Å². The van der Waals surface area contributed by atoms with Crippen LogP contribution in [0.5, 0.6) is 5.75 Å². The van der Waals surface area contributed by atoms with Crippen molar-refractivity contribution in [1.29, 1.82) is 0 Å². The average molecular weight is 349 g/mol. The Morgan fingerprint density at radius 1 is 1.38 bits per heavy atom. The minimum Gasteiger partial charge on any atom is -0.494 e. The minimum absolute atomic E-state index is 0.235. The maximum absolute atomic E-state index is 10.9. The van der Waals surface area contributed by atoms with Crippen LogP contribution in [-0.4, -0.2) is 38.2 Å². The second-order valence-corrected chi connectivity index (χ2v) is 6.69. The highest BCUT2D eigenvalue weighted by Crippen LogP contribution is 2.22. The van der Waals surface area contributed by atoms with Crippen LogP contribution in [0.4, 0.5) is 0 Å². The van der Waals surface area contributed by atoms with Crippen LogP contribution >= 0.6 is 11.8 Å². The molecule has 6 nitrogen and oxygen atoms in total. The Hall–Kier alpha value is -2.02. The largest absolute Gasteiger partial charge is 0.494 e. The molecule has 0 saturated heterocycles. The molecule has 0 bridgehead atoms. The summed E-state index contributed by atoms with van der Waals surface area (Å²) in [4.78, 5) is 10.9. The van der Waals surface area contributed by atoms with Crippen molar-refractivity contribution >= 4 is 17.7 Å². The molecule has 0 radical (unpaired) electrons. The summed E-state index contributed by atoms with van der Waals surface area (Å²) in [6.07, 6.45) is 0.843. The molecule has 0 saturated carbocycles. The normalized spacial score (nSPS) is 11.0. The summed E-state index contributed by atoms with van der Waals surface area (Å²) in [5, 5.41) is 18.4. The number of aromatic carboxylic acids is 1. The third-order valence-electron chi connectivity index (χ3n) is 3.45. The highest BCUT2D eigenvalue weighted by atomic mass is 32.2. The number of thioether (sulfide) groups is 1. The Morgan fingerprint density at radius 2 is 2.17 bits per heavy atom. The number of hydrogen-bond donors (Lipinski definition) is 1. The molecule has 0 fully saturated rings. The second kappa shape index (κ2) is 8.73. The van der Waals surface area contributed by atoms with E-state index in [1.54, 1.807) is 30.0 Å². The summed E-state index contributed by atoms with van der Waals surface area (Å²) in [6, 6.07) is 6.54. The SMILES string of the molecule is CCn1c(SCCCOc2cccc(C(=O)O)c2)nnc1C(C)C. The molecule has 24 heavy (non-hydrogen) atoms. The molecule has 130 valence electrons. The van der Waals surface area contributed by atoms with E-state index in [4.69, 9.17) is 9.84 Å². The van der Waals surface area contributed by atoms with Crippen LogP contribution in [0.3, 0.4) is 0 Å². The summed E-state index contributed by atoms with van der Waals surface area (Å²) in [7, 11) is 0. The zero-order chi connectivity index (χ0) is 17.5. The van der Waals surface area contributed by atoms with Gasteiger partial charge >= 0.3 is 5.97 Å². The number of benzene rings is 1. The van der Waals surface area contributed by atoms with Crippen LogP contribution in [0, 0.1) is 0 Å². The third-order valence-corrected chi connectivity index (χ3v) is 4.50. The first-order chi connectivity index (χ1) is 11.5. The predicted molar refractivity (Wildman–Crippen MR) is 94.0 cm³/mol. The van der Waals surface area contributed by atoms with Crippen molar-refractivity contribution < 1.29 is 14.6 Å². The van der Waals surface area contributed by atoms with Crippen LogP contribution in [0.25, 0.3) is 0 Å². The number of nitrogens with zero attached hydrogens (tertiary/aromatic N) is 3. The molecule has 0 spiro atoms. The summed E-state index contributed by atoms with van der Waals surface area (Å²) in [6.45, 7) is 7.72. The number of rotatable bonds is 9. The molecule has 7 heteroatoms. The van der Waals surface area contributed by atoms with E-state index < -0.39 is 5.97 Å². The van der Waals surface area contributed by atoms with Crippen molar-refractivity contribution in [1.82, 2.24) is 14.8 Å². The van der Waals surface area contributed by atoms with E-state index in [0.29, 0.717) is 18.3 Å². The molecule has 0 aliphatic rings. The average Bonchev–Trinajstić information content (AvgIpc) is 2.98. The van der Waals surface area contributed by atoms with Gasteiger partial charge in [-0.1, -0.05) is 31.7 Å². The summed E-state index contributed by atoms with van der Waals surface area (Å²) < 4.78 is 7.76. The van der Waals surface area contributed by atoms with Gasteiger partial charge in [-0.2, -0.15) is 0 Å². The number of aromatic nitrogens is 3. The lowest BCUT2D eigenvalue weighted by molar-refractivity contribution is 0.0696. The van der Waals surface area contributed by atoms with E-state index in [1.807, 2.05) is 0 Å². The van der Waals surface area contributed by atoms with Crippen molar-refractivity contribution in [3.8, 4) is 5.75 Å². The fourth-order valence-corrected chi connectivity index (χ4v) is 3.18. The highest BCUT2D eigenvalue weighted by molar-refractivity contribution is 7.99. The molecule has 1 N–H and O–H groups in total. The van der Waals surface area contributed by atoms with Crippen molar-refractivity contribution in [2.24, 2.45) is 0 Å². The smallest absolute Gasteiger partial charge is 0.335 e. The van der Waals surface area contributed by atoms with E-state index in [2.05, 4.69) is 35.5 Å². The fourth-order valence-electron chi connectivity index (χ4n) is 2.26. The van der Waals surface area contributed by atoms with E-state index >= 15 is 0 Å². The van der Waals surface area contributed by atoms with Gasteiger partial charge in [-0.05, 0) is 31.5 Å². The molecule has 2 rings (SSSR count). The Bertz CT molecular complexity index is 685. The van der Waals surface area contributed by atoms with Gasteiger partial charge in [0.25, 0.3) is 0 Å². The van der Waals surface area contributed by atoms with Crippen molar-refractivity contribution in [3.05, 3.63) is 35.7 Å². The fraction of sp³-hybridized carbons (Fsp3) is 0.471. The molecule has 1 heterocycles. The van der Waals surface area contributed by atoms with E-state index in [-0.39, 0.29) is 5.56 Å². The molecular formula is C17H23N3O3S. The number of carbonyl (C=O) groups is 1. The maximum Gasteiger partial charge on any atom is 0.335 e. The first kappa shape index (κ1) is 18.3. The van der Waals surface area contributed by atoms with Gasteiger partial charge in [-0.25, -0.2) is 4.79 Å². The first-order valence-corrected chi connectivity index (χ1v) is 9.03. The molecule has 0 amide bonds. The van der Waals surface area contributed by atoms with Gasteiger partial charge in [0.15, 0.2) is 5.16 Å². The van der Waals surface area contributed by atoms with Crippen LogP contribution in [0.2, 0.25) is 0 Å². The molecule has 0 unspecified atom stereocenters. The zero-order valence-electron chi connectivity index (χ0n) is 14.2. The van der Waals surface area contributed by atoms with Crippen LogP contribution in [0.1, 0.15) is 49.3 Å². The van der Waals surface area contributed by atoms with Gasteiger partial charge in [0.2, 0.25) is 0 Å².